The molecule has 0 radical (unpaired) electrons. The Kier molecular flexibility index (Phi) is 5.03. The molecule has 0 atom stereocenters. The van der Waals surface area contributed by atoms with E-state index in [9.17, 15) is 26.8 Å². The number of H-pyrrole nitrogens is 2. The third kappa shape index (κ3) is 4.16. The highest BCUT2D eigenvalue weighted by molar-refractivity contribution is 7.92. The maximum Gasteiger partial charge on any atom is 0.323 e. The lowest BCUT2D eigenvalue weighted by Crippen LogP contribution is -2.19. The van der Waals surface area contributed by atoms with Crippen LogP contribution < -0.4 is 15.7 Å². The Labute approximate surface area is 174 Å². The summed E-state index contributed by atoms with van der Waals surface area (Å²) in [6.45, 7) is 0. The Morgan fingerprint density at radius 3 is 2.39 bits per heavy atom. The number of aromatic nitrogens is 2. The lowest BCUT2D eigenvalue weighted by molar-refractivity contribution is 0.102. The highest BCUT2D eigenvalue weighted by Gasteiger charge is 2.20. The minimum Gasteiger partial charge on any atom is -0.319 e. The van der Waals surface area contributed by atoms with Crippen LogP contribution in [0.1, 0.15) is 10.4 Å². The molecule has 1 aromatic heterocycles. The van der Waals surface area contributed by atoms with Crippen molar-refractivity contribution in [3.05, 3.63) is 88.3 Å². The van der Waals surface area contributed by atoms with Crippen molar-refractivity contribution in [2.24, 2.45) is 0 Å². The number of halogens is 2. The zero-order valence-electron chi connectivity index (χ0n) is 15.6. The molecule has 158 valence electrons. The monoisotopic (exact) mass is 444 g/mol. The molecule has 11 heteroatoms. The van der Waals surface area contributed by atoms with Gasteiger partial charge in [0.15, 0.2) is 0 Å². The largest absolute Gasteiger partial charge is 0.323 e. The van der Waals surface area contributed by atoms with Crippen molar-refractivity contribution < 1.29 is 22.0 Å². The van der Waals surface area contributed by atoms with Crippen molar-refractivity contribution in [1.29, 1.82) is 0 Å². The van der Waals surface area contributed by atoms with Gasteiger partial charge in [0, 0.05) is 6.07 Å². The van der Waals surface area contributed by atoms with Crippen LogP contribution >= 0.6 is 0 Å². The molecular weight excluding hydrogens is 430 g/mol. The average molecular weight is 444 g/mol. The number of sulfonamides is 1. The van der Waals surface area contributed by atoms with Gasteiger partial charge in [0.25, 0.3) is 15.9 Å². The van der Waals surface area contributed by atoms with Crippen LogP contribution in [-0.2, 0) is 10.0 Å². The van der Waals surface area contributed by atoms with E-state index in [0.717, 1.165) is 12.1 Å². The maximum absolute atomic E-state index is 13.9. The molecule has 1 amide bonds. The number of fused-ring (bicyclic) bond motifs is 1. The van der Waals surface area contributed by atoms with Crippen LogP contribution in [0.5, 0.6) is 0 Å². The minimum absolute atomic E-state index is 0.0508. The number of amides is 1. The average Bonchev–Trinajstić information content (AvgIpc) is 3.09. The zero-order valence-corrected chi connectivity index (χ0v) is 16.4. The van der Waals surface area contributed by atoms with Crippen LogP contribution in [0.3, 0.4) is 0 Å². The normalized spacial score (nSPS) is 11.4. The molecule has 0 aliphatic heterocycles. The number of benzene rings is 3. The van der Waals surface area contributed by atoms with E-state index >= 15 is 0 Å². The molecular formula is C20H14F2N4O4S. The Hall–Kier alpha value is -3.99. The van der Waals surface area contributed by atoms with Crippen LogP contribution in [0.15, 0.2) is 70.4 Å². The summed E-state index contributed by atoms with van der Waals surface area (Å²) in [4.78, 5) is 28.8. The van der Waals surface area contributed by atoms with Gasteiger partial charge in [0.1, 0.15) is 11.6 Å². The molecule has 0 aliphatic carbocycles. The van der Waals surface area contributed by atoms with Gasteiger partial charge in [-0.05, 0) is 42.5 Å². The van der Waals surface area contributed by atoms with Crippen LogP contribution in [0.25, 0.3) is 11.0 Å². The van der Waals surface area contributed by atoms with Crippen molar-refractivity contribution in [3.63, 3.8) is 0 Å². The van der Waals surface area contributed by atoms with Gasteiger partial charge in [-0.25, -0.2) is 22.0 Å². The maximum atomic E-state index is 13.9. The number of rotatable bonds is 5. The van der Waals surface area contributed by atoms with Gasteiger partial charge in [-0.2, -0.15) is 0 Å². The fourth-order valence-electron chi connectivity index (χ4n) is 2.93. The summed E-state index contributed by atoms with van der Waals surface area (Å²) in [5.74, 6) is -2.57. The Morgan fingerprint density at radius 1 is 0.871 bits per heavy atom. The Morgan fingerprint density at radius 2 is 1.61 bits per heavy atom. The molecule has 3 aromatic carbocycles. The second kappa shape index (κ2) is 7.69. The molecule has 0 bridgehead atoms. The van der Waals surface area contributed by atoms with Crippen molar-refractivity contribution >= 4 is 38.3 Å². The van der Waals surface area contributed by atoms with Gasteiger partial charge >= 0.3 is 5.69 Å². The molecule has 31 heavy (non-hydrogen) atoms. The highest BCUT2D eigenvalue weighted by atomic mass is 32.2. The highest BCUT2D eigenvalue weighted by Crippen LogP contribution is 2.23. The molecule has 4 N–H and O–H groups in total. The van der Waals surface area contributed by atoms with Crippen molar-refractivity contribution in [2.45, 2.75) is 4.90 Å². The first kappa shape index (κ1) is 20.3. The predicted octanol–water partition coefficient (Wildman–Crippen LogP) is 3.19. The number of nitrogens with one attached hydrogen (secondary N) is 4. The Bertz CT molecular complexity index is 1480. The van der Waals surface area contributed by atoms with E-state index in [1.165, 1.54) is 42.5 Å². The summed E-state index contributed by atoms with van der Waals surface area (Å²) in [7, 11) is -4.13. The van der Waals surface area contributed by atoms with Crippen LogP contribution in [0.4, 0.5) is 20.2 Å². The number of para-hydroxylation sites is 1. The van der Waals surface area contributed by atoms with Gasteiger partial charge in [0.2, 0.25) is 0 Å². The van der Waals surface area contributed by atoms with Crippen molar-refractivity contribution in [3.8, 4) is 0 Å². The number of carbonyl (C=O) groups is 1. The van der Waals surface area contributed by atoms with E-state index in [-0.39, 0.29) is 21.8 Å². The van der Waals surface area contributed by atoms with Crippen LogP contribution in [0.2, 0.25) is 0 Å². The van der Waals surface area contributed by atoms with E-state index in [1.807, 2.05) is 0 Å². The van der Waals surface area contributed by atoms with E-state index in [1.54, 1.807) is 0 Å². The Balaban J connectivity index is 1.64. The quantitative estimate of drug-likeness (QED) is 0.377. The lowest BCUT2D eigenvalue weighted by Gasteiger charge is -2.13. The van der Waals surface area contributed by atoms with Gasteiger partial charge in [-0.1, -0.05) is 12.1 Å². The first-order valence-corrected chi connectivity index (χ1v) is 10.3. The van der Waals surface area contributed by atoms with Gasteiger partial charge in [0.05, 0.1) is 32.9 Å². The zero-order chi connectivity index (χ0) is 22.2. The molecule has 1 heterocycles. The summed E-state index contributed by atoms with van der Waals surface area (Å²) >= 11 is 0. The van der Waals surface area contributed by atoms with Crippen molar-refractivity contribution in [1.82, 2.24) is 9.97 Å². The number of anilines is 2. The third-order valence-corrected chi connectivity index (χ3v) is 5.76. The topological polar surface area (TPSA) is 124 Å². The second-order valence-electron chi connectivity index (χ2n) is 6.52. The fraction of sp³-hybridized carbons (Fsp3) is 0. The van der Waals surface area contributed by atoms with E-state index in [0.29, 0.717) is 17.1 Å². The lowest BCUT2D eigenvalue weighted by atomic mass is 10.1. The smallest absolute Gasteiger partial charge is 0.319 e. The first-order chi connectivity index (χ1) is 14.7. The molecule has 0 fully saturated rings. The van der Waals surface area contributed by atoms with E-state index in [4.69, 9.17) is 0 Å². The van der Waals surface area contributed by atoms with Gasteiger partial charge < -0.3 is 15.3 Å². The van der Waals surface area contributed by atoms with E-state index in [2.05, 4.69) is 20.0 Å². The van der Waals surface area contributed by atoms with Crippen LogP contribution in [0, 0.1) is 11.6 Å². The van der Waals surface area contributed by atoms with Crippen molar-refractivity contribution in [2.75, 3.05) is 10.0 Å². The van der Waals surface area contributed by atoms with Gasteiger partial charge in [-0.3, -0.25) is 9.52 Å². The second-order valence-corrected chi connectivity index (χ2v) is 8.20. The molecule has 4 rings (SSSR count). The molecule has 8 nitrogen and oxygen atoms in total. The molecule has 0 saturated heterocycles. The molecule has 0 saturated carbocycles. The summed E-state index contributed by atoms with van der Waals surface area (Å²) in [6.07, 6.45) is 0. The molecule has 0 spiro atoms. The number of hydrogen-bond donors (Lipinski definition) is 4. The molecule has 4 aromatic rings. The van der Waals surface area contributed by atoms with Gasteiger partial charge in [-0.15, -0.1) is 0 Å². The fourth-order valence-corrected chi connectivity index (χ4v) is 4.04. The number of hydrogen-bond acceptors (Lipinski definition) is 4. The number of aromatic amines is 2. The van der Waals surface area contributed by atoms with E-state index < -0.39 is 33.3 Å². The summed E-state index contributed by atoms with van der Waals surface area (Å²) < 4.78 is 54.9. The van der Waals surface area contributed by atoms with Crippen LogP contribution in [-0.4, -0.2) is 24.3 Å². The standard InChI is InChI=1S/C20H14F2N4O4S/c21-11-5-7-16(14(22)9-11)23-19(27)13-3-1-2-4-15(13)26-31(29,30)12-6-8-17-18(10-12)25-20(28)24-17/h1-10,26H,(H,23,27)(H2,24,25,28). The minimum atomic E-state index is -4.13. The SMILES string of the molecule is O=C(Nc1ccc(F)cc1F)c1ccccc1NS(=O)(=O)c1ccc2[nH]c(=O)[nH]c2c1. The molecule has 0 unspecified atom stereocenters. The number of imidazole rings is 1. The summed E-state index contributed by atoms with van der Waals surface area (Å²) in [5, 5.41) is 2.29. The molecule has 0 aliphatic rings. The third-order valence-electron chi connectivity index (χ3n) is 4.39. The predicted molar refractivity (Wildman–Crippen MR) is 110 cm³/mol. The summed E-state index contributed by atoms with van der Waals surface area (Å²) in [6, 6.07) is 12.4. The first-order valence-electron chi connectivity index (χ1n) is 8.83. The number of carbonyl (C=O) groups excluding carboxylic acids is 1. The summed E-state index contributed by atoms with van der Waals surface area (Å²) in [5.41, 5.74) is -0.134.